The third-order valence-electron chi connectivity index (χ3n) is 5.17. The van der Waals surface area contributed by atoms with Crippen molar-refractivity contribution in [2.45, 2.75) is 19.8 Å². The van der Waals surface area contributed by atoms with Gasteiger partial charge in [-0.1, -0.05) is 43.6 Å². The highest BCUT2D eigenvalue weighted by atomic mass is 35.5. The molecule has 2 aromatic rings. The van der Waals surface area contributed by atoms with E-state index < -0.39 is 0 Å². The maximum absolute atomic E-state index is 13.2. The number of hydrogen-bond donors (Lipinski definition) is 0. The maximum Gasteiger partial charge on any atom is 0.230 e. The topological polar surface area (TPSA) is 32.8 Å². The fourth-order valence-corrected chi connectivity index (χ4v) is 3.80. The number of hydrogen-bond acceptors (Lipinski definition) is 3. The van der Waals surface area contributed by atoms with E-state index in [9.17, 15) is 4.79 Å². The lowest BCUT2D eigenvalue weighted by atomic mass is 9.87. The summed E-state index contributed by atoms with van der Waals surface area (Å²) in [6, 6.07) is 15.7. The summed E-state index contributed by atoms with van der Waals surface area (Å²) in [6.45, 7) is 7.31. The molecule has 1 aliphatic rings. The smallest absolute Gasteiger partial charge is 0.230 e. The largest absolute Gasteiger partial charge is 0.497 e. The van der Waals surface area contributed by atoms with Gasteiger partial charge in [0.25, 0.3) is 0 Å². The Kier molecular flexibility index (Phi) is 6.27. The molecular formula is C22H27ClN2O2. The van der Waals surface area contributed by atoms with Crippen LogP contribution in [0.4, 0.5) is 5.69 Å². The summed E-state index contributed by atoms with van der Waals surface area (Å²) in [5.41, 5.74) is 2.18. The number of methoxy groups -OCH3 is 1. The first-order valence-electron chi connectivity index (χ1n) is 9.43. The maximum atomic E-state index is 13.2. The molecule has 144 valence electrons. The molecule has 1 saturated heterocycles. The molecule has 3 rings (SSSR count). The van der Waals surface area contributed by atoms with Gasteiger partial charge in [-0.2, -0.15) is 0 Å². The highest BCUT2D eigenvalue weighted by Gasteiger charge is 2.30. The van der Waals surface area contributed by atoms with Gasteiger partial charge in [0.2, 0.25) is 5.91 Å². The van der Waals surface area contributed by atoms with Gasteiger partial charge in [-0.15, -0.1) is 0 Å². The number of amides is 1. The molecule has 0 aromatic heterocycles. The first kappa shape index (κ1) is 19.6. The fraction of sp³-hybridized carbons (Fsp3) is 0.409. The van der Waals surface area contributed by atoms with Gasteiger partial charge < -0.3 is 14.5 Å². The van der Waals surface area contributed by atoms with Gasteiger partial charge >= 0.3 is 0 Å². The Balaban J connectivity index is 1.68. The van der Waals surface area contributed by atoms with Crippen LogP contribution in [-0.4, -0.2) is 44.1 Å². The number of carbonyl (C=O) groups excluding carboxylic acids is 1. The van der Waals surface area contributed by atoms with E-state index in [0.717, 1.165) is 43.2 Å². The van der Waals surface area contributed by atoms with Gasteiger partial charge in [0.15, 0.2) is 0 Å². The summed E-state index contributed by atoms with van der Waals surface area (Å²) >= 11 is 6.01. The second-order valence-electron chi connectivity index (χ2n) is 7.29. The van der Waals surface area contributed by atoms with Crippen molar-refractivity contribution in [3.63, 3.8) is 0 Å². The van der Waals surface area contributed by atoms with E-state index >= 15 is 0 Å². The van der Waals surface area contributed by atoms with E-state index in [1.807, 2.05) is 47.4 Å². The summed E-state index contributed by atoms with van der Waals surface area (Å²) in [7, 11) is 1.68. The van der Waals surface area contributed by atoms with Crippen LogP contribution in [0.5, 0.6) is 5.75 Å². The third kappa shape index (κ3) is 4.56. The Morgan fingerprint density at radius 1 is 1.04 bits per heavy atom. The van der Waals surface area contributed by atoms with Crippen LogP contribution in [0.15, 0.2) is 48.5 Å². The van der Waals surface area contributed by atoms with Crippen molar-refractivity contribution in [3.05, 3.63) is 59.1 Å². The lowest BCUT2D eigenvalue weighted by Gasteiger charge is -2.38. The number of anilines is 1. The summed E-state index contributed by atoms with van der Waals surface area (Å²) in [6.07, 6.45) is 0. The number of rotatable bonds is 5. The first-order valence-corrected chi connectivity index (χ1v) is 9.80. The van der Waals surface area contributed by atoms with Crippen LogP contribution in [0.3, 0.4) is 0 Å². The zero-order chi connectivity index (χ0) is 19.4. The van der Waals surface area contributed by atoms with Crippen molar-refractivity contribution in [1.82, 2.24) is 4.90 Å². The van der Waals surface area contributed by atoms with Crippen molar-refractivity contribution >= 4 is 23.2 Å². The van der Waals surface area contributed by atoms with Crippen LogP contribution in [-0.2, 0) is 4.79 Å². The van der Waals surface area contributed by atoms with Gasteiger partial charge in [0, 0.05) is 43.0 Å². The van der Waals surface area contributed by atoms with Gasteiger partial charge in [-0.3, -0.25) is 4.79 Å². The van der Waals surface area contributed by atoms with Crippen molar-refractivity contribution < 1.29 is 9.53 Å². The fourth-order valence-electron chi connectivity index (χ4n) is 3.67. The highest BCUT2D eigenvalue weighted by molar-refractivity contribution is 6.30. The van der Waals surface area contributed by atoms with Crippen LogP contribution in [0.2, 0.25) is 5.02 Å². The van der Waals surface area contributed by atoms with E-state index in [2.05, 4.69) is 24.8 Å². The Labute approximate surface area is 166 Å². The summed E-state index contributed by atoms with van der Waals surface area (Å²) in [5.74, 6) is 1.16. The molecule has 0 aliphatic carbocycles. The minimum Gasteiger partial charge on any atom is -0.497 e. The standard InChI is InChI=1S/C22H27ClN2O2/c1-16(2)21(17-7-9-18(23)10-8-17)22(26)25-13-11-24(12-14-25)19-5-4-6-20(15-19)27-3/h4-10,15-16,21H,11-14H2,1-3H3/t21-/m1/s1. The molecule has 0 spiro atoms. The number of benzene rings is 2. The number of halogens is 1. The lowest BCUT2D eigenvalue weighted by molar-refractivity contribution is -0.134. The second kappa shape index (κ2) is 8.66. The molecule has 1 fully saturated rings. The summed E-state index contributed by atoms with van der Waals surface area (Å²) < 4.78 is 5.32. The van der Waals surface area contributed by atoms with Crippen LogP contribution in [0.1, 0.15) is 25.3 Å². The Morgan fingerprint density at radius 2 is 1.70 bits per heavy atom. The van der Waals surface area contributed by atoms with E-state index in [4.69, 9.17) is 16.3 Å². The van der Waals surface area contributed by atoms with E-state index in [0.29, 0.717) is 5.02 Å². The molecule has 2 aromatic carbocycles. The molecule has 27 heavy (non-hydrogen) atoms. The van der Waals surface area contributed by atoms with Crippen LogP contribution in [0.25, 0.3) is 0 Å². The van der Waals surface area contributed by atoms with Crippen molar-refractivity contribution in [2.75, 3.05) is 38.2 Å². The first-order chi connectivity index (χ1) is 13.0. The molecule has 1 atom stereocenters. The Bertz CT molecular complexity index is 768. The molecular weight excluding hydrogens is 360 g/mol. The zero-order valence-electron chi connectivity index (χ0n) is 16.2. The number of carbonyl (C=O) groups is 1. The van der Waals surface area contributed by atoms with Crippen molar-refractivity contribution in [2.24, 2.45) is 5.92 Å². The van der Waals surface area contributed by atoms with Crippen LogP contribution >= 0.6 is 11.6 Å². The monoisotopic (exact) mass is 386 g/mol. The molecule has 0 saturated carbocycles. The van der Waals surface area contributed by atoms with Gasteiger partial charge in [0.05, 0.1) is 13.0 Å². The minimum absolute atomic E-state index is 0.134. The Morgan fingerprint density at radius 3 is 2.30 bits per heavy atom. The van der Waals surface area contributed by atoms with Crippen molar-refractivity contribution in [3.8, 4) is 5.75 Å². The minimum atomic E-state index is -0.134. The molecule has 0 N–H and O–H groups in total. The SMILES string of the molecule is COc1cccc(N2CCN(C(=O)[C@@H](c3ccc(Cl)cc3)C(C)C)CC2)c1. The summed E-state index contributed by atoms with van der Waals surface area (Å²) in [5, 5.41) is 0.695. The van der Waals surface area contributed by atoms with Crippen molar-refractivity contribution in [1.29, 1.82) is 0 Å². The highest BCUT2D eigenvalue weighted by Crippen LogP contribution is 2.29. The predicted molar refractivity (Wildman–Crippen MR) is 111 cm³/mol. The molecule has 1 amide bonds. The van der Waals surface area contributed by atoms with E-state index in [1.54, 1.807) is 7.11 Å². The molecule has 0 radical (unpaired) electrons. The number of piperazine rings is 1. The van der Waals surface area contributed by atoms with E-state index in [-0.39, 0.29) is 17.7 Å². The molecule has 0 unspecified atom stereocenters. The van der Waals surface area contributed by atoms with Crippen LogP contribution < -0.4 is 9.64 Å². The number of ether oxygens (including phenoxy) is 1. The van der Waals surface area contributed by atoms with Gasteiger partial charge in [-0.05, 0) is 35.7 Å². The molecule has 5 heteroatoms. The number of nitrogens with zero attached hydrogens (tertiary/aromatic N) is 2. The quantitative estimate of drug-likeness (QED) is 0.761. The Hall–Kier alpha value is -2.20. The zero-order valence-corrected chi connectivity index (χ0v) is 16.9. The van der Waals surface area contributed by atoms with Gasteiger partial charge in [-0.25, -0.2) is 0 Å². The van der Waals surface area contributed by atoms with Crippen LogP contribution in [0, 0.1) is 5.92 Å². The average Bonchev–Trinajstić information content (AvgIpc) is 2.69. The van der Waals surface area contributed by atoms with E-state index in [1.165, 1.54) is 0 Å². The normalized spacial score (nSPS) is 15.7. The second-order valence-corrected chi connectivity index (χ2v) is 7.72. The predicted octanol–water partition coefficient (Wildman–Crippen LogP) is 4.44. The summed E-state index contributed by atoms with van der Waals surface area (Å²) in [4.78, 5) is 17.5. The van der Waals surface area contributed by atoms with Gasteiger partial charge in [0.1, 0.15) is 5.75 Å². The average molecular weight is 387 g/mol. The molecule has 1 aliphatic heterocycles. The molecule has 4 nitrogen and oxygen atoms in total. The molecule has 1 heterocycles. The molecule has 0 bridgehead atoms. The lowest BCUT2D eigenvalue weighted by Crippen LogP contribution is -2.50. The third-order valence-corrected chi connectivity index (χ3v) is 5.42.